The minimum Gasteiger partial charge on any atom is -0.287 e. The Hall–Kier alpha value is -2.43. The Labute approximate surface area is 157 Å². The molecule has 2 aromatic carbocycles. The summed E-state index contributed by atoms with van der Waals surface area (Å²) in [7, 11) is 0. The van der Waals surface area contributed by atoms with Crippen molar-refractivity contribution in [1.29, 1.82) is 0 Å². The average Bonchev–Trinajstić information content (AvgIpc) is 2.97. The molecule has 0 N–H and O–H groups in total. The minimum atomic E-state index is -0.393. The average molecular weight is 367 g/mol. The number of anilines is 1. The fourth-order valence-electron chi connectivity index (χ4n) is 3.67. The van der Waals surface area contributed by atoms with Gasteiger partial charge in [-0.25, -0.2) is 4.90 Å². The lowest BCUT2D eigenvalue weighted by atomic mass is 9.98. The van der Waals surface area contributed by atoms with E-state index in [0.29, 0.717) is 17.3 Å². The number of carbonyl (C=O) groups excluding carboxylic acids is 2. The molecule has 2 aliphatic rings. The molecule has 1 unspecified atom stereocenters. The van der Waals surface area contributed by atoms with Gasteiger partial charge in [0, 0.05) is 18.1 Å². The number of imide groups is 1. The van der Waals surface area contributed by atoms with Gasteiger partial charge in [-0.2, -0.15) is 0 Å². The van der Waals surface area contributed by atoms with Gasteiger partial charge >= 0.3 is 0 Å². The van der Waals surface area contributed by atoms with Crippen molar-refractivity contribution >= 4 is 34.7 Å². The highest BCUT2D eigenvalue weighted by Gasteiger charge is 2.42. The molecule has 2 aliphatic heterocycles. The molecule has 5 heteroatoms. The number of benzene rings is 2. The first-order valence-electron chi connectivity index (χ1n) is 8.74. The van der Waals surface area contributed by atoms with E-state index in [1.807, 2.05) is 18.2 Å². The molecule has 2 aromatic rings. The van der Waals surface area contributed by atoms with Gasteiger partial charge in [0.15, 0.2) is 0 Å². The zero-order valence-electron chi connectivity index (χ0n) is 14.3. The topological polar surface area (TPSA) is 40.6 Å². The molecule has 4 nitrogen and oxygen atoms in total. The van der Waals surface area contributed by atoms with Gasteiger partial charge in [-0.15, -0.1) is 0 Å². The molecule has 0 saturated carbocycles. The van der Waals surface area contributed by atoms with Gasteiger partial charge in [0.1, 0.15) is 0 Å². The second-order valence-electron chi connectivity index (χ2n) is 6.61. The molecule has 0 radical (unpaired) electrons. The molecule has 0 aliphatic carbocycles. The maximum Gasteiger partial charge on any atom is 0.251 e. The van der Waals surface area contributed by atoms with Gasteiger partial charge in [0.2, 0.25) is 5.91 Å². The first kappa shape index (κ1) is 17.0. The highest BCUT2D eigenvalue weighted by Crippen LogP contribution is 2.30. The van der Waals surface area contributed by atoms with Crippen LogP contribution in [0.15, 0.2) is 60.7 Å². The van der Waals surface area contributed by atoms with Crippen LogP contribution in [0, 0.1) is 0 Å². The molecular formula is C21H19ClN2O2. The van der Waals surface area contributed by atoms with E-state index in [1.165, 1.54) is 16.0 Å². The van der Waals surface area contributed by atoms with Gasteiger partial charge in [0.05, 0.1) is 18.2 Å². The quantitative estimate of drug-likeness (QED) is 0.776. The molecule has 0 aromatic heterocycles. The molecule has 132 valence electrons. The second kappa shape index (κ2) is 7.06. The van der Waals surface area contributed by atoms with Crippen LogP contribution in [0.5, 0.6) is 0 Å². The van der Waals surface area contributed by atoms with E-state index in [4.69, 9.17) is 11.6 Å². The number of amides is 2. The first-order valence-corrected chi connectivity index (χ1v) is 9.12. The van der Waals surface area contributed by atoms with Crippen LogP contribution in [-0.2, 0) is 9.59 Å². The lowest BCUT2D eigenvalue weighted by molar-refractivity contribution is -0.122. The summed E-state index contributed by atoms with van der Waals surface area (Å²) in [6.07, 6.45) is 3.26. The number of halogens is 1. The molecule has 0 bridgehead atoms. The standard InChI is InChI=1S/C21H19ClN2O2/c22-17-7-4-8-18(13-17)24-20(25)14-19(21(24)26)23-11-9-16(10-12-23)15-5-2-1-3-6-15/h1-9,13,19H,10-12,14H2. The van der Waals surface area contributed by atoms with Crippen LogP contribution >= 0.6 is 11.6 Å². The highest BCUT2D eigenvalue weighted by molar-refractivity contribution is 6.31. The predicted molar refractivity (Wildman–Crippen MR) is 103 cm³/mol. The normalized spacial score (nSPS) is 21.2. The molecule has 1 saturated heterocycles. The molecule has 2 heterocycles. The van der Waals surface area contributed by atoms with E-state index in [1.54, 1.807) is 24.3 Å². The molecule has 2 amide bonds. The summed E-state index contributed by atoms with van der Waals surface area (Å²) in [5, 5.41) is 0.514. The molecule has 1 fully saturated rings. The first-order chi connectivity index (χ1) is 12.6. The van der Waals surface area contributed by atoms with Crippen molar-refractivity contribution in [2.75, 3.05) is 18.0 Å². The van der Waals surface area contributed by atoms with E-state index < -0.39 is 6.04 Å². The van der Waals surface area contributed by atoms with Crippen LogP contribution in [-0.4, -0.2) is 35.8 Å². The number of hydrogen-bond donors (Lipinski definition) is 0. The smallest absolute Gasteiger partial charge is 0.251 e. The maximum atomic E-state index is 12.9. The summed E-state index contributed by atoms with van der Waals surface area (Å²) in [4.78, 5) is 28.7. The fraction of sp³-hybridized carbons (Fsp3) is 0.238. The van der Waals surface area contributed by atoms with Gasteiger partial charge in [0.25, 0.3) is 5.91 Å². The van der Waals surface area contributed by atoms with Crippen LogP contribution in [0.25, 0.3) is 5.57 Å². The van der Waals surface area contributed by atoms with Gasteiger partial charge < -0.3 is 0 Å². The summed E-state index contributed by atoms with van der Waals surface area (Å²) < 4.78 is 0. The van der Waals surface area contributed by atoms with Crippen LogP contribution in [0.3, 0.4) is 0 Å². The summed E-state index contributed by atoms with van der Waals surface area (Å²) in [5.41, 5.74) is 3.07. The van der Waals surface area contributed by atoms with Gasteiger partial charge in [-0.1, -0.05) is 54.1 Å². The van der Waals surface area contributed by atoms with Gasteiger partial charge in [-0.3, -0.25) is 14.5 Å². The van der Waals surface area contributed by atoms with E-state index in [9.17, 15) is 9.59 Å². The second-order valence-corrected chi connectivity index (χ2v) is 7.04. The van der Waals surface area contributed by atoms with Crippen molar-refractivity contribution in [3.8, 4) is 0 Å². The molecule has 0 spiro atoms. The van der Waals surface area contributed by atoms with Crippen molar-refractivity contribution in [3.05, 3.63) is 71.3 Å². The van der Waals surface area contributed by atoms with Crippen LogP contribution < -0.4 is 4.90 Å². The Morgan fingerprint density at radius 3 is 2.50 bits per heavy atom. The van der Waals surface area contributed by atoms with E-state index in [0.717, 1.165) is 13.0 Å². The van der Waals surface area contributed by atoms with Crippen molar-refractivity contribution in [3.63, 3.8) is 0 Å². The third-order valence-electron chi connectivity index (χ3n) is 5.02. The number of nitrogens with zero attached hydrogens (tertiary/aromatic N) is 2. The summed E-state index contributed by atoms with van der Waals surface area (Å²) >= 11 is 6.01. The van der Waals surface area contributed by atoms with Crippen LogP contribution in [0.1, 0.15) is 18.4 Å². The Morgan fingerprint density at radius 1 is 1.00 bits per heavy atom. The number of hydrogen-bond acceptors (Lipinski definition) is 3. The Balaban J connectivity index is 1.50. The van der Waals surface area contributed by atoms with E-state index >= 15 is 0 Å². The lowest BCUT2D eigenvalue weighted by Gasteiger charge is -2.30. The fourth-order valence-corrected chi connectivity index (χ4v) is 3.85. The van der Waals surface area contributed by atoms with Crippen LogP contribution in [0.2, 0.25) is 5.02 Å². The van der Waals surface area contributed by atoms with Crippen molar-refractivity contribution in [1.82, 2.24) is 4.90 Å². The van der Waals surface area contributed by atoms with Crippen LogP contribution in [0.4, 0.5) is 5.69 Å². The highest BCUT2D eigenvalue weighted by atomic mass is 35.5. The van der Waals surface area contributed by atoms with Crippen molar-refractivity contribution < 1.29 is 9.59 Å². The number of carbonyl (C=O) groups is 2. The Kier molecular flexibility index (Phi) is 4.62. The monoisotopic (exact) mass is 366 g/mol. The Bertz CT molecular complexity index is 879. The third kappa shape index (κ3) is 3.18. The van der Waals surface area contributed by atoms with Crippen molar-refractivity contribution in [2.45, 2.75) is 18.9 Å². The predicted octanol–water partition coefficient (Wildman–Crippen LogP) is 3.76. The van der Waals surface area contributed by atoms with Gasteiger partial charge in [-0.05, 0) is 35.8 Å². The van der Waals surface area contributed by atoms with E-state index in [-0.39, 0.29) is 18.2 Å². The maximum absolute atomic E-state index is 12.9. The van der Waals surface area contributed by atoms with Crippen molar-refractivity contribution in [2.24, 2.45) is 0 Å². The molecule has 26 heavy (non-hydrogen) atoms. The Morgan fingerprint density at radius 2 is 1.81 bits per heavy atom. The van der Waals surface area contributed by atoms with E-state index in [2.05, 4.69) is 23.1 Å². The minimum absolute atomic E-state index is 0.158. The largest absolute Gasteiger partial charge is 0.287 e. The summed E-state index contributed by atoms with van der Waals surface area (Å²) in [6, 6.07) is 16.8. The molecule has 4 rings (SSSR count). The SMILES string of the molecule is O=C1CC(N2CC=C(c3ccccc3)CC2)C(=O)N1c1cccc(Cl)c1. The zero-order valence-corrected chi connectivity index (χ0v) is 15.0. The molecular weight excluding hydrogens is 348 g/mol. The number of rotatable bonds is 3. The summed E-state index contributed by atoms with van der Waals surface area (Å²) in [5.74, 6) is -0.325. The third-order valence-corrected chi connectivity index (χ3v) is 5.25. The molecule has 1 atom stereocenters. The lowest BCUT2D eigenvalue weighted by Crippen LogP contribution is -2.44. The summed E-state index contributed by atoms with van der Waals surface area (Å²) in [6.45, 7) is 1.45. The zero-order chi connectivity index (χ0) is 18.1.